The maximum absolute atomic E-state index is 12.2. The van der Waals surface area contributed by atoms with Crippen LogP contribution in [0.25, 0.3) is 5.65 Å². The average Bonchev–Trinajstić information content (AvgIpc) is 2.89. The van der Waals surface area contributed by atoms with Crippen molar-refractivity contribution in [3.63, 3.8) is 0 Å². The fraction of sp³-hybridized carbons (Fsp3) is 0.533. The number of likely N-dealkylation sites (tertiary alicyclic amines) is 1. The third-order valence-electron chi connectivity index (χ3n) is 4.25. The van der Waals surface area contributed by atoms with Gasteiger partial charge in [-0.3, -0.25) is 9.20 Å². The maximum Gasteiger partial charge on any atom is 0.350 e. The van der Waals surface area contributed by atoms with Crippen molar-refractivity contribution in [2.24, 2.45) is 5.92 Å². The summed E-state index contributed by atoms with van der Waals surface area (Å²) in [5.41, 5.74) is 0.367. The maximum atomic E-state index is 12.2. The lowest BCUT2D eigenvalue weighted by Crippen LogP contribution is -2.39. The summed E-state index contributed by atoms with van der Waals surface area (Å²) >= 11 is 0. The zero-order valence-electron chi connectivity index (χ0n) is 12.4. The molecule has 0 atom stereocenters. The van der Waals surface area contributed by atoms with Gasteiger partial charge >= 0.3 is 5.69 Å². The summed E-state index contributed by atoms with van der Waals surface area (Å²) in [6.45, 7) is 1.85. The molecule has 1 amide bonds. The summed E-state index contributed by atoms with van der Waals surface area (Å²) < 4.78 is 2.81. The summed E-state index contributed by atoms with van der Waals surface area (Å²) in [7, 11) is 0. The van der Waals surface area contributed by atoms with Gasteiger partial charge in [0.2, 0.25) is 5.91 Å². The summed E-state index contributed by atoms with van der Waals surface area (Å²) in [5.74, 6) is 0.352. The van der Waals surface area contributed by atoms with E-state index in [4.69, 9.17) is 5.11 Å². The van der Waals surface area contributed by atoms with E-state index in [2.05, 4.69) is 5.10 Å². The third-order valence-corrected chi connectivity index (χ3v) is 4.25. The molecule has 7 heteroatoms. The Balaban J connectivity index is 1.61. The van der Waals surface area contributed by atoms with Crippen molar-refractivity contribution in [3.05, 3.63) is 34.9 Å². The van der Waals surface area contributed by atoms with E-state index in [-0.39, 0.29) is 24.6 Å². The van der Waals surface area contributed by atoms with E-state index in [1.807, 2.05) is 11.0 Å². The molecule has 1 aliphatic rings. The van der Waals surface area contributed by atoms with Crippen LogP contribution in [0.2, 0.25) is 0 Å². The molecule has 0 unspecified atom stereocenters. The number of aliphatic hydroxyl groups excluding tert-OH is 1. The molecule has 1 aliphatic heterocycles. The Morgan fingerprint density at radius 1 is 1.32 bits per heavy atom. The predicted molar refractivity (Wildman–Crippen MR) is 80.5 cm³/mol. The number of hydrogen-bond acceptors (Lipinski definition) is 4. The van der Waals surface area contributed by atoms with Gasteiger partial charge in [-0.25, -0.2) is 9.48 Å². The smallest absolute Gasteiger partial charge is 0.350 e. The Hall–Kier alpha value is -2.15. The highest BCUT2D eigenvalue weighted by atomic mass is 16.3. The minimum Gasteiger partial charge on any atom is -0.396 e. The van der Waals surface area contributed by atoms with Crippen molar-refractivity contribution >= 4 is 11.6 Å². The zero-order chi connectivity index (χ0) is 15.5. The molecule has 3 rings (SSSR count). The second-order valence-corrected chi connectivity index (χ2v) is 5.69. The van der Waals surface area contributed by atoms with E-state index < -0.39 is 0 Å². The minimum atomic E-state index is -0.220. The number of rotatable bonds is 4. The van der Waals surface area contributed by atoms with E-state index >= 15 is 0 Å². The molecular formula is C15H20N4O3. The van der Waals surface area contributed by atoms with Crippen molar-refractivity contribution in [1.29, 1.82) is 0 Å². The van der Waals surface area contributed by atoms with Crippen LogP contribution in [0.4, 0.5) is 0 Å². The standard InChI is InChI=1S/C15H20N4O3/c20-11-12-4-8-17(9-5-12)14(21)6-10-19-15(22)18-7-2-1-3-13(18)16-19/h1-3,7,12,20H,4-6,8-11H2. The molecule has 0 radical (unpaired) electrons. The van der Waals surface area contributed by atoms with Crippen LogP contribution >= 0.6 is 0 Å². The fourth-order valence-corrected chi connectivity index (χ4v) is 2.84. The Labute approximate surface area is 127 Å². The molecule has 0 spiro atoms. The molecule has 1 N–H and O–H groups in total. The molecular weight excluding hydrogens is 284 g/mol. The third kappa shape index (κ3) is 2.89. The number of carbonyl (C=O) groups is 1. The van der Waals surface area contributed by atoms with Crippen LogP contribution in [0.3, 0.4) is 0 Å². The number of carbonyl (C=O) groups excluding carboxylic acids is 1. The van der Waals surface area contributed by atoms with Crippen LogP contribution < -0.4 is 5.69 Å². The first-order valence-electron chi connectivity index (χ1n) is 7.62. The first-order valence-corrected chi connectivity index (χ1v) is 7.62. The van der Waals surface area contributed by atoms with Crippen LogP contribution in [0.5, 0.6) is 0 Å². The highest BCUT2D eigenvalue weighted by Crippen LogP contribution is 2.17. The van der Waals surface area contributed by atoms with E-state index in [0.29, 0.717) is 31.2 Å². The van der Waals surface area contributed by atoms with Gasteiger partial charge in [-0.15, -0.1) is 5.10 Å². The summed E-state index contributed by atoms with van der Waals surface area (Å²) in [6.07, 6.45) is 3.63. The lowest BCUT2D eigenvalue weighted by atomic mass is 9.98. The normalized spacial score (nSPS) is 16.3. The van der Waals surface area contributed by atoms with E-state index in [1.165, 1.54) is 9.08 Å². The average molecular weight is 304 g/mol. The molecule has 1 saturated heterocycles. The number of aromatic nitrogens is 3. The van der Waals surface area contributed by atoms with Crippen molar-refractivity contribution in [2.45, 2.75) is 25.8 Å². The van der Waals surface area contributed by atoms with Gasteiger partial charge < -0.3 is 10.0 Å². The van der Waals surface area contributed by atoms with Crippen LogP contribution in [-0.2, 0) is 11.3 Å². The number of aliphatic hydroxyl groups is 1. The number of hydrogen-bond donors (Lipinski definition) is 1. The van der Waals surface area contributed by atoms with E-state index in [9.17, 15) is 9.59 Å². The molecule has 0 aromatic carbocycles. The Kier molecular flexibility index (Phi) is 4.24. The summed E-state index contributed by atoms with van der Waals surface area (Å²) in [6, 6.07) is 5.36. The second-order valence-electron chi connectivity index (χ2n) is 5.69. The lowest BCUT2D eigenvalue weighted by Gasteiger charge is -2.31. The van der Waals surface area contributed by atoms with Gasteiger partial charge in [0.15, 0.2) is 5.65 Å². The highest BCUT2D eigenvalue weighted by molar-refractivity contribution is 5.76. The van der Waals surface area contributed by atoms with Gasteiger partial charge in [0.05, 0.1) is 6.54 Å². The molecule has 0 saturated carbocycles. The minimum absolute atomic E-state index is 0.0420. The quantitative estimate of drug-likeness (QED) is 0.870. The molecule has 1 fully saturated rings. The fourth-order valence-electron chi connectivity index (χ4n) is 2.84. The van der Waals surface area contributed by atoms with Gasteiger partial charge in [-0.05, 0) is 30.9 Å². The molecule has 0 bridgehead atoms. The van der Waals surface area contributed by atoms with Crippen molar-refractivity contribution < 1.29 is 9.90 Å². The predicted octanol–water partition coefficient (Wildman–Crippen LogP) is 0.117. The van der Waals surface area contributed by atoms with Gasteiger partial charge in [-0.2, -0.15) is 0 Å². The number of nitrogens with zero attached hydrogens (tertiary/aromatic N) is 4. The number of fused-ring (bicyclic) bond motifs is 1. The summed E-state index contributed by atoms with van der Waals surface area (Å²) in [5, 5.41) is 13.3. The van der Waals surface area contributed by atoms with Crippen LogP contribution in [0.15, 0.2) is 29.2 Å². The molecule has 3 heterocycles. The largest absolute Gasteiger partial charge is 0.396 e. The van der Waals surface area contributed by atoms with Gasteiger partial charge in [0, 0.05) is 32.3 Å². The van der Waals surface area contributed by atoms with Crippen molar-refractivity contribution in [1.82, 2.24) is 19.1 Å². The van der Waals surface area contributed by atoms with Crippen molar-refractivity contribution in [2.75, 3.05) is 19.7 Å². The molecule has 0 aliphatic carbocycles. The molecule has 2 aromatic rings. The Morgan fingerprint density at radius 2 is 2.09 bits per heavy atom. The second kappa shape index (κ2) is 6.31. The number of aryl methyl sites for hydroxylation is 1. The van der Waals surface area contributed by atoms with Crippen LogP contribution in [0.1, 0.15) is 19.3 Å². The monoisotopic (exact) mass is 304 g/mol. The molecule has 118 valence electrons. The Morgan fingerprint density at radius 3 is 2.77 bits per heavy atom. The molecule has 7 nitrogen and oxygen atoms in total. The highest BCUT2D eigenvalue weighted by Gasteiger charge is 2.22. The van der Waals surface area contributed by atoms with E-state index in [0.717, 1.165) is 12.8 Å². The van der Waals surface area contributed by atoms with Gasteiger partial charge in [0.1, 0.15) is 0 Å². The number of pyridine rings is 1. The first-order chi connectivity index (χ1) is 10.7. The molecule has 22 heavy (non-hydrogen) atoms. The van der Waals surface area contributed by atoms with Crippen molar-refractivity contribution in [3.8, 4) is 0 Å². The van der Waals surface area contributed by atoms with Gasteiger partial charge in [0.25, 0.3) is 0 Å². The van der Waals surface area contributed by atoms with Crippen LogP contribution in [-0.4, -0.2) is 49.8 Å². The van der Waals surface area contributed by atoms with Gasteiger partial charge in [-0.1, -0.05) is 6.07 Å². The van der Waals surface area contributed by atoms with E-state index in [1.54, 1.807) is 18.3 Å². The lowest BCUT2D eigenvalue weighted by molar-refractivity contribution is -0.133. The number of amides is 1. The SMILES string of the molecule is O=C(CCn1nc2ccccn2c1=O)N1CCC(CO)CC1. The molecule has 2 aromatic heterocycles. The summed E-state index contributed by atoms with van der Waals surface area (Å²) in [4.78, 5) is 26.1. The topological polar surface area (TPSA) is 79.8 Å². The number of piperidine rings is 1. The zero-order valence-corrected chi connectivity index (χ0v) is 12.4. The first kappa shape index (κ1) is 14.8. The Bertz CT molecular complexity index is 713. The van der Waals surface area contributed by atoms with Crippen LogP contribution in [0, 0.1) is 5.92 Å².